The van der Waals surface area contributed by atoms with Crippen LogP contribution < -0.4 is 15.5 Å². The quantitative estimate of drug-likeness (QED) is 0.172. The number of methoxy groups -OCH3 is 1. The van der Waals surface area contributed by atoms with E-state index < -0.39 is 91.4 Å². The SMILES string of the molecule is CC[C@@H](OP(=O)(O)O)[C@@H](C)OC(=O)OCOc1c2n(cc(C(=O)NCc3ccc(F)cc3F)c1=O)[C@@H]1CN(C2=O)[C@@H](C)CC[C@]12CC(OC)=NO2. The third-order valence-electron chi connectivity index (χ3n) is 9.06. The van der Waals surface area contributed by atoms with Crippen LogP contribution in [-0.4, -0.2) is 87.4 Å². The van der Waals surface area contributed by atoms with Gasteiger partial charge in [0.15, 0.2) is 11.3 Å². The smallest absolute Gasteiger partial charge is 0.482 e. The first-order valence-electron chi connectivity index (χ1n) is 15.9. The molecule has 5 atom stereocenters. The van der Waals surface area contributed by atoms with Crippen molar-refractivity contribution in [2.75, 3.05) is 20.4 Å². The van der Waals surface area contributed by atoms with Crippen molar-refractivity contribution in [2.24, 2.45) is 5.16 Å². The topological polar surface area (TPSA) is 214 Å². The van der Waals surface area contributed by atoms with E-state index in [9.17, 15) is 32.5 Å². The zero-order valence-electron chi connectivity index (χ0n) is 28.0. The number of phosphoric acid groups is 1. The normalized spacial score (nSPS) is 22.2. The molecule has 2 amide bonds. The summed E-state index contributed by atoms with van der Waals surface area (Å²) < 4.78 is 66.0. The minimum atomic E-state index is -4.91. The van der Waals surface area contributed by atoms with Gasteiger partial charge in [-0.2, -0.15) is 0 Å². The molecule has 0 radical (unpaired) electrons. The standard InChI is InChI=1S/C31H37F2N4O13P/c1-5-22(49-51(42,43)44)17(3)48-30(41)47-15-46-27-25-29(40)36-14-23(31(9-8-16(36)2)11-24(45-4)35-50-31)37(25)13-20(26(27)38)28(39)34-12-18-6-7-19(32)10-21(18)33/h6-7,10,13,16-17,22-23H,5,8-9,11-12,14-15H2,1-4H3,(H,34,39)(H2,42,43,44)/t16-,17+,22+,23+,31-/m0/s1. The summed E-state index contributed by atoms with van der Waals surface area (Å²) in [6, 6.07) is 1.72. The Morgan fingerprint density at radius 1 is 1.25 bits per heavy atom. The van der Waals surface area contributed by atoms with Gasteiger partial charge in [-0.05, 0) is 39.2 Å². The second-order valence-corrected chi connectivity index (χ2v) is 13.5. The van der Waals surface area contributed by atoms with Gasteiger partial charge in [-0.3, -0.25) is 18.9 Å². The third-order valence-corrected chi connectivity index (χ3v) is 9.61. The maximum atomic E-state index is 14.3. The van der Waals surface area contributed by atoms with Crippen LogP contribution in [0, 0.1) is 11.6 Å². The van der Waals surface area contributed by atoms with E-state index in [1.807, 2.05) is 6.92 Å². The number of carbonyl (C=O) groups excluding carboxylic acids is 3. The van der Waals surface area contributed by atoms with Gasteiger partial charge >= 0.3 is 14.0 Å². The van der Waals surface area contributed by atoms with Crippen molar-refractivity contribution < 1.29 is 65.8 Å². The van der Waals surface area contributed by atoms with Crippen LogP contribution in [-0.2, 0) is 34.7 Å². The molecule has 0 saturated carbocycles. The van der Waals surface area contributed by atoms with Crippen molar-refractivity contribution >= 4 is 31.7 Å². The Morgan fingerprint density at radius 3 is 2.65 bits per heavy atom. The highest BCUT2D eigenvalue weighted by molar-refractivity contribution is 7.46. The predicted molar refractivity (Wildman–Crippen MR) is 170 cm³/mol. The number of hydrogen-bond donors (Lipinski definition) is 3. The Kier molecular flexibility index (Phi) is 11.0. The van der Waals surface area contributed by atoms with Crippen molar-refractivity contribution in [1.29, 1.82) is 0 Å². The maximum absolute atomic E-state index is 14.3. The number of amides is 2. The summed E-state index contributed by atoms with van der Waals surface area (Å²) in [5.41, 5.74) is -2.99. The zero-order valence-corrected chi connectivity index (χ0v) is 28.9. The minimum Gasteiger partial charge on any atom is -0.482 e. The second-order valence-electron chi connectivity index (χ2n) is 12.3. The van der Waals surface area contributed by atoms with E-state index in [1.54, 1.807) is 6.92 Å². The summed E-state index contributed by atoms with van der Waals surface area (Å²) in [6.45, 7) is 3.35. The number of aromatic nitrogens is 1. The van der Waals surface area contributed by atoms with E-state index in [4.69, 9.17) is 33.6 Å². The van der Waals surface area contributed by atoms with Crippen molar-refractivity contribution in [3.05, 3.63) is 63.1 Å². The minimum absolute atomic E-state index is 0.0575. The molecule has 2 bridgehead atoms. The first-order valence-corrected chi connectivity index (χ1v) is 17.4. The van der Waals surface area contributed by atoms with Crippen molar-refractivity contribution in [1.82, 2.24) is 14.8 Å². The van der Waals surface area contributed by atoms with Gasteiger partial charge in [-0.25, -0.2) is 18.1 Å². The molecule has 1 aromatic carbocycles. The van der Waals surface area contributed by atoms with Gasteiger partial charge in [0, 0.05) is 37.0 Å². The number of phosphoric ester groups is 1. The number of hydrogen-bond acceptors (Lipinski definition) is 12. The number of nitrogens with one attached hydrogen (secondary N) is 1. The lowest BCUT2D eigenvalue weighted by Crippen LogP contribution is -2.52. The molecule has 17 nitrogen and oxygen atoms in total. The summed E-state index contributed by atoms with van der Waals surface area (Å²) in [5.74, 6) is -3.71. The molecule has 5 rings (SSSR count). The Hall–Kier alpha value is -4.58. The van der Waals surface area contributed by atoms with Crippen molar-refractivity contribution in [3.8, 4) is 5.75 Å². The Bertz CT molecular complexity index is 1830. The molecule has 3 aliphatic heterocycles. The molecule has 1 spiro atoms. The summed E-state index contributed by atoms with van der Waals surface area (Å²) in [4.78, 5) is 79.7. The third kappa shape index (κ3) is 8.01. The summed E-state index contributed by atoms with van der Waals surface area (Å²) in [5, 5.41) is 6.49. The molecule has 20 heteroatoms. The number of fused-ring (bicyclic) bond motifs is 5. The molecule has 1 saturated heterocycles. The van der Waals surface area contributed by atoms with Crippen LogP contribution in [0.4, 0.5) is 13.6 Å². The van der Waals surface area contributed by atoms with E-state index in [1.165, 1.54) is 29.7 Å². The maximum Gasteiger partial charge on any atom is 0.511 e. The molecule has 4 heterocycles. The van der Waals surface area contributed by atoms with Gasteiger partial charge in [0.25, 0.3) is 11.8 Å². The van der Waals surface area contributed by atoms with Crippen LogP contribution >= 0.6 is 7.82 Å². The van der Waals surface area contributed by atoms with Gasteiger partial charge in [0.05, 0.1) is 19.6 Å². The molecule has 0 aliphatic carbocycles. The molecular weight excluding hydrogens is 705 g/mol. The first kappa shape index (κ1) is 37.7. The highest BCUT2D eigenvalue weighted by atomic mass is 31.2. The van der Waals surface area contributed by atoms with Crippen molar-refractivity contribution in [3.63, 3.8) is 0 Å². The number of nitrogens with zero attached hydrogens (tertiary/aromatic N) is 3. The van der Waals surface area contributed by atoms with Crippen LogP contribution in [0.25, 0.3) is 0 Å². The molecule has 51 heavy (non-hydrogen) atoms. The molecule has 2 aromatic rings. The van der Waals surface area contributed by atoms with Crippen LogP contribution in [0.1, 0.15) is 78.9 Å². The van der Waals surface area contributed by atoms with Gasteiger partial charge < -0.3 is 48.4 Å². The van der Waals surface area contributed by atoms with Gasteiger partial charge in [0.1, 0.15) is 29.4 Å². The fourth-order valence-corrected chi connectivity index (χ4v) is 6.99. The van der Waals surface area contributed by atoms with E-state index in [-0.39, 0.29) is 36.7 Å². The Morgan fingerprint density at radius 2 is 2.00 bits per heavy atom. The van der Waals surface area contributed by atoms with Crippen LogP contribution in [0.15, 0.2) is 34.3 Å². The Labute approximate surface area is 289 Å². The predicted octanol–water partition coefficient (Wildman–Crippen LogP) is 3.12. The number of carbonyl (C=O) groups is 3. The molecule has 1 fully saturated rings. The van der Waals surface area contributed by atoms with Gasteiger partial charge in [0.2, 0.25) is 23.9 Å². The largest absolute Gasteiger partial charge is 0.511 e. The van der Waals surface area contributed by atoms with E-state index in [0.29, 0.717) is 24.8 Å². The summed E-state index contributed by atoms with van der Waals surface area (Å²) >= 11 is 0. The van der Waals surface area contributed by atoms with Gasteiger partial charge in [-0.15, -0.1) is 0 Å². The number of halogens is 2. The van der Waals surface area contributed by atoms with Crippen LogP contribution in [0.2, 0.25) is 0 Å². The lowest BCUT2D eigenvalue weighted by atomic mass is 9.85. The lowest BCUT2D eigenvalue weighted by molar-refractivity contribution is -0.0660. The number of rotatable bonds is 11. The molecule has 3 aliphatic rings. The summed E-state index contributed by atoms with van der Waals surface area (Å²) in [7, 11) is -3.48. The van der Waals surface area contributed by atoms with Crippen molar-refractivity contribution in [2.45, 2.75) is 82.9 Å². The highest BCUT2D eigenvalue weighted by Gasteiger charge is 2.55. The van der Waals surface area contributed by atoms with Crippen LogP contribution in [0.5, 0.6) is 5.75 Å². The zero-order chi connectivity index (χ0) is 37.2. The fourth-order valence-electron chi connectivity index (χ4n) is 6.31. The average molecular weight is 743 g/mol. The molecule has 278 valence electrons. The molecule has 0 unspecified atom stereocenters. The van der Waals surface area contributed by atoms with Gasteiger partial charge in [-0.1, -0.05) is 18.1 Å². The molecule has 1 aromatic heterocycles. The number of pyridine rings is 1. The van der Waals surface area contributed by atoms with E-state index in [0.717, 1.165) is 12.1 Å². The second kappa shape index (κ2) is 15.0. The van der Waals surface area contributed by atoms with E-state index >= 15 is 0 Å². The average Bonchev–Trinajstić information content (AvgIpc) is 3.45. The van der Waals surface area contributed by atoms with Crippen LogP contribution in [0.3, 0.4) is 0 Å². The summed E-state index contributed by atoms with van der Waals surface area (Å²) in [6.07, 6.45) is -1.42. The lowest BCUT2D eigenvalue weighted by Gasteiger charge is -2.42. The Balaban J connectivity index is 1.48. The number of ether oxygens (including phenoxy) is 4. The monoisotopic (exact) mass is 742 g/mol. The highest BCUT2D eigenvalue weighted by Crippen LogP contribution is 2.46. The fraction of sp³-hybridized carbons (Fsp3) is 0.516. The molecule has 3 N–H and O–H groups in total. The molecular formula is C31H37F2N4O13P. The first-order chi connectivity index (χ1) is 24.1. The number of benzene rings is 1. The van der Waals surface area contributed by atoms with E-state index in [2.05, 4.69) is 15.0 Å². The number of oxime groups is 1.